The number of ether oxygens (including phenoxy) is 4. The molecule has 0 radical (unpaired) electrons. The van der Waals surface area contributed by atoms with E-state index in [-0.39, 0.29) is 28.6 Å². The van der Waals surface area contributed by atoms with Crippen LogP contribution in [-0.2, 0) is 28.5 Å². The van der Waals surface area contributed by atoms with Crippen LogP contribution in [0.3, 0.4) is 0 Å². The highest BCUT2D eigenvalue weighted by molar-refractivity contribution is 7.20. The van der Waals surface area contributed by atoms with E-state index in [4.69, 9.17) is 23.9 Å². The summed E-state index contributed by atoms with van der Waals surface area (Å²) in [7, 11) is 0. The number of allylic oxidation sites excluding steroid dienone is 2. The van der Waals surface area contributed by atoms with Gasteiger partial charge in [-0.2, -0.15) is 14.9 Å². The second-order valence-electron chi connectivity index (χ2n) is 11.9. The Morgan fingerprint density at radius 1 is 0.964 bits per heavy atom. The summed E-state index contributed by atoms with van der Waals surface area (Å²) in [6, 6.07) is 7.79. The quantitative estimate of drug-likeness (QED) is 0.0381. The van der Waals surface area contributed by atoms with E-state index in [0.29, 0.717) is 96.0 Å². The smallest absolute Gasteiger partial charge is 0.307 e. The van der Waals surface area contributed by atoms with E-state index in [2.05, 4.69) is 31.7 Å². The average Bonchev–Trinajstić information content (AvgIpc) is 3.96. The molecule has 18 heteroatoms. The fourth-order valence-corrected chi connectivity index (χ4v) is 7.27. The lowest BCUT2D eigenvalue weighted by atomic mass is 10.0. The predicted molar refractivity (Wildman–Crippen MR) is 214 cm³/mol. The second-order valence-corrected chi connectivity index (χ2v) is 14.6. The molecule has 15 nitrogen and oxygen atoms in total. The van der Waals surface area contributed by atoms with Crippen molar-refractivity contribution in [3.63, 3.8) is 0 Å². The molecule has 0 bridgehead atoms. The lowest BCUT2D eigenvalue weighted by molar-refractivity contribution is -0.143. The van der Waals surface area contributed by atoms with Crippen LogP contribution in [0, 0.1) is 28.6 Å². The SMILES string of the molecule is CCCCC/C=C/CC(CC(=O)NCCCOCCOCCOCCOCCN(CC)c1nc(-c2cccs2)c(/N=N/c2snc(C#N)c2C#N)s1)C(=O)O. The minimum Gasteiger partial charge on any atom is -0.481 e. The number of carboxylic acids is 1. The van der Waals surface area contributed by atoms with E-state index in [9.17, 15) is 25.2 Å². The van der Waals surface area contributed by atoms with Crippen molar-refractivity contribution in [2.24, 2.45) is 16.1 Å². The highest BCUT2D eigenvalue weighted by Crippen LogP contribution is 2.42. The summed E-state index contributed by atoms with van der Waals surface area (Å²) in [5, 5.41) is 43.1. The van der Waals surface area contributed by atoms with Gasteiger partial charge in [-0.1, -0.05) is 49.3 Å². The first-order chi connectivity index (χ1) is 26.9. The number of nitrogens with zero attached hydrogens (tertiary/aromatic N) is 7. The summed E-state index contributed by atoms with van der Waals surface area (Å²) in [6.07, 6.45) is 9.15. The van der Waals surface area contributed by atoms with Gasteiger partial charge >= 0.3 is 5.97 Å². The largest absolute Gasteiger partial charge is 0.481 e. The molecule has 2 N–H and O–H groups in total. The van der Waals surface area contributed by atoms with Gasteiger partial charge in [-0.15, -0.1) is 21.6 Å². The topological polar surface area (TPSA) is 205 Å². The van der Waals surface area contributed by atoms with Gasteiger partial charge in [0.1, 0.15) is 23.4 Å². The van der Waals surface area contributed by atoms with Crippen molar-refractivity contribution in [1.82, 2.24) is 14.7 Å². The first-order valence-electron chi connectivity index (χ1n) is 18.4. The van der Waals surface area contributed by atoms with Gasteiger partial charge in [-0.25, -0.2) is 4.98 Å². The van der Waals surface area contributed by atoms with Crippen LogP contribution in [0.25, 0.3) is 10.6 Å². The molecule has 0 aliphatic heterocycles. The van der Waals surface area contributed by atoms with Crippen molar-refractivity contribution in [2.45, 2.75) is 58.8 Å². The molecule has 55 heavy (non-hydrogen) atoms. The van der Waals surface area contributed by atoms with Crippen molar-refractivity contribution in [3.05, 3.63) is 40.9 Å². The van der Waals surface area contributed by atoms with Crippen LogP contribution in [0.4, 0.5) is 15.1 Å². The molecule has 0 saturated heterocycles. The number of unbranched alkanes of at least 4 members (excludes halogenated alkanes) is 3. The zero-order chi connectivity index (χ0) is 39.5. The van der Waals surface area contributed by atoms with Crippen LogP contribution >= 0.6 is 34.2 Å². The maximum absolute atomic E-state index is 12.2. The van der Waals surface area contributed by atoms with Crippen molar-refractivity contribution >= 4 is 61.2 Å². The monoisotopic (exact) mass is 814 g/mol. The van der Waals surface area contributed by atoms with Gasteiger partial charge in [-0.05, 0) is 55.6 Å². The van der Waals surface area contributed by atoms with Crippen molar-refractivity contribution in [2.75, 3.05) is 77.4 Å². The van der Waals surface area contributed by atoms with Crippen LogP contribution in [0.5, 0.6) is 0 Å². The third kappa shape index (κ3) is 17.0. The van der Waals surface area contributed by atoms with Crippen molar-refractivity contribution in [1.29, 1.82) is 10.5 Å². The Labute approximate surface area is 334 Å². The van der Waals surface area contributed by atoms with Gasteiger partial charge < -0.3 is 34.3 Å². The number of aromatic nitrogens is 2. The zero-order valence-corrected chi connectivity index (χ0v) is 33.9. The Morgan fingerprint density at radius 3 is 2.31 bits per heavy atom. The maximum atomic E-state index is 12.2. The fraction of sp³-hybridized carbons (Fsp3) is 0.568. The third-order valence-electron chi connectivity index (χ3n) is 7.88. The van der Waals surface area contributed by atoms with Gasteiger partial charge in [0.25, 0.3) is 0 Å². The summed E-state index contributed by atoms with van der Waals surface area (Å²) in [4.78, 5) is 31.6. The molecule has 3 heterocycles. The number of thiazole rings is 1. The molecule has 0 spiro atoms. The molecule has 1 atom stereocenters. The van der Waals surface area contributed by atoms with Gasteiger partial charge in [0, 0.05) is 32.7 Å². The fourth-order valence-electron chi connectivity index (χ4n) is 4.88. The number of carbonyl (C=O) groups excluding carboxylic acids is 1. The van der Waals surface area contributed by atoms with Crippen LogP contribution in [0.15, 0.2) is 39.9 Å². The number of hydrogen-bond donors (Lipinski definition) is 2. The normalized spacial score (nSPS) is 11.9. The lowest BCUT2D eigenvalue weighted by Gasteiger charge is -2.19. The van der Waals surface area contributed by atoms with E-state index >= 15 is 0 Å². The number of hydrogen-bond acceptors (Lipinski definition) is 16. The molecule has 0 fully saturated rings. The summed E-state index contributed by atoms with van der Waals surface area (Å²) < 4.78 is 26.5. The number of aliphatic carboxylic acids is 1. The third-order valence-corrected chi connectivity index (χ3v) is 10.5. The van der Waals surface area contributed by atoms with Gasteiger partial charge in [-0.3, -0.25) is 9.59 Å². The standard InChI is InChI=1S/C37H50N8O7S3/c1-3-5-6-7-8-9-12-28(36(47)48)25-32(46)40-14-11-16-49-18-20-51-22-23-52-21-19-50-17-15-45(4-2)37-41-33(31-13-10-24-53-31)35(54-37)43-42-34-29(26-38)30(27-39)44-55-34/h8-10,13,24,28H,3-7,11-12,14-23,25H2,1-2H3,(H,40,46)(H,47,48)/b9-8+,43-42+. The molecule has 1 amide bonds. The Balaban J connectivity index is 1.22. The maximum Gasteiger partial charge on any atom is 0.307 e. The molecule has 0 aliphatic rings. The Morgan fingerprint density at radius 2 is 1.67 bits per heavy atom. The van der Waals surface area contributed by atoms with Crippen LogP contribution in [-0.4, -0.2) is 98.8 Å². The zero-order valence-electron chi connectivity index (χ0n) is 31.4. The predicted octanol–water partition coefficient (Wildman–Crippen LogP) is 7.50. The van der Waals surface area contributed by atoms with Gasteiger partial charge in [0.05, 0.1) is 57.0 Å². The molecule has 3 rings (SSSR count). The van der Waals surface area contributed by atoms with Gasteiger partial charge in [0.2, 0.25) is 5.91 Å². The number of amides is 1. The van der Waals surface area contributed by atoms with Crippen LogP contribution in [0.1, 0.15) is 70.1 Å². The van der Waals surface area contributed by atoms with E-state index in [1.807, 2.05) is 48.7 Å². The van der Waals surface area contributed by atoms with E-state index < -0.39 is 11.9 Å². The molecule has 1 unspecified atom stereocenters. The first-order valence-corrected chi connectivity index (χ1v) is 20.8. The molecule has 0 aromatic carbocycles. The molecule has 0 aliphatic carbocycles. The number of azo groups is 1. The Hall–Kier alpha value is -4.14. The number of carbonyl (C=O) groups is 2. The average molecular weight is 815 g/mol. The number of nitriles is 2. The molecule has 3 aromatic heterocycles. The summed E-state index contributed by atoms with van der Waals surface area (Å²) in [5.41, 5.74) is 0.855. The first kappa shape index (κ1) is 45.3. The van der Waals surface area contributed by atoms with Crippen molar-refractivity contribution in [3.8, 4) is 22.7 Å². The van der Waals surface area contributed by atoms with Crippen LogP contribution in [0.2, 0.25) is 0 Å². The van der Waals surface area contributed by atoms with Crippen LogP contribution < -0.4 is 10.2 Å². The molecule has 3 aromatic rings. The number of likely N-dealkylation sites (N-methyl/N-ethyl adjacent to an activating group) is 1. The number of thiophene rings is 1. The second kappa shape index (κ2) is 27.4. The molecule has 0 saturated carbocycles. The van der Waals surface area contributed by atoms with Crippen molar-refractivity contribution < 1.29 is 33.6 Å². The van der Waals surface area contributed by atoms with E-state index in [1.54, 1.807) is 11.3 Å². The highest BCUT2D eigenvalue weighted by atomic mass is 32.1. The molecular weight excluding hydrogens is 765 g/mol. The number of carboxylic acid groups (broad SMARTS) is 1. The van der Waals surface area contributed by atoms with Gasteiger partial charge in [0.15, 0.2) is 20.8 Å². The molecular formula is C37H50N8O7S3. The number of anilines is 1. The number of nitrogens with one attached hydrogen (secondary N) is 1. The minimum atomic E-state index is -0.955. The Kier molecular flexibility index (Phi) is 22.6. The van der Waals surface area contributed by atoms with E-state index in [0.717, 1.165) is 47.2 Å². The number of rotatable bonds is 30. The lowest BCUT2D eigenvalue weighted by Crippen LogP contribution is -2.29. The molecule has 298 valence electrons. The summed E-state index contributed by atoms with van der Waals surface area (Å²) >= 11 is 3.89. The highest BCUT2D eigenvalue weighted by Gasteiger charge is 2.21. The summed E-state index contributed by atoms with van der Waals surface area (Å²) in [5.74, 6) is -1.94. The summed E-state index contributed by atoms with van der Waals surface area (Å²) in [6.45, 7) is 9.43. The van der Waals surface area contributed by atoms with E-state index in [1.165, 1.54) is 11.3 Å². The minimum absolute atomic E-state index is 0.0361. The Bertz CT molecular complexity index is 1700.